The van der Waals surface area contributed by atoms with E-state index in [-0.39, 0.29) is 11.9 Å². The quantitative estimate of drug-likeness (QED) is 0.864. The van der Waals surface area contributed by atoms with Crippen molar-refractivity contribution >= 4 is 29.6 Å². The molecular weight excluding hydrogens is 300 g/mol. The van der Waals surface area contributed by atoms with E-state index in [0.29, 0.717) is 23.3 Å². The third-order valence-electron chi connectivity index (χ3n) is 3.68. The van der Waals surface area contributed by atoms with Crippen molar-refractivity contribution in [1.29, 1.82) is 0 Å². The Morgan fingerprint density at radius 2 is 2.00 bits per heavy atom. The van der Waals surface area contributed by atoms with E-state index in [9.17, 15) is 4.79 Å². The maximum absolute atomic E-state index is 12.2. The third-order valence-corrected chi connectivity index (χ3v) is 4.59. The van der Waals surface area contributed by atoms with Crippen LogP contribution in [0.1, 0.15) is 25.6 Å². The summed E-state index contributed by atoms with van der Waals surface area (Å²) in [6.07, 6.45) is 2.21. The monoisotopic (exact) mass is 324 g/mol. The second-order valence-electron chi connectivity index (χ2n) is 5.86. The van der Waals surface area contributed by atoms with Crippen LogP contribution in [0.25, 0.3) is 0 Å². The van der Waals surface area contributed by atoms with Gasteiger partial charge in [0.15, 0.2) is 0 Å². The lowest BCUT2D eigenvalue weighted by molar-refractivity contribution is -0.129. The zero-order chi connectivity index (χ0) is 16.1. The first kappa shape index (κ1) is 16.8. The molecule has 0 bridgehead atoms. The minimum absolute atomic E-state index is 0.201. The number of piperidine rings is 1. The molecule has 1 aromatic heterocycles. The Morgan fingerprint density at radius 1 is 1.32 bits per heavy atom. The van der Waals surface area contributed by atoms with Crippen molar-refractivity contribution < 1.29 is 4.79 Å². The topological polar surface area (TPSA) is 88.2 Å². The van der Waals surface area contributed by atoms with Crippen LogP contribution in [-0.4, -0.2) is 58.7 Å². The molecule has 8 heteroatoms. The van der Waals surface area contributed by atoms with Crippen LogP contribution in [0.4, 0.5) is 11.9 Å². The standard InChI is InChI=1S/C14H24N6OS/c1-10-4-6-20(7-5-10)12(21)9-22-8-11-16-13(15)18-14(17-11)19(2)3/h10H,4-9H2,1-3H3,(H2,15,16,17,18). The number of hydrogen-bond acceptors (Lipinski definition) is 7. The molecule has 122 valence electrons. The summed E-state index contributed by atoms with van der Waals surface area (Å²) in [4.78, 5) is 28.4. The second-order valence-corrected chi connectivity index (χ2v) is 6.85. The van der Waals surface area contributed by atoms with Gasteiger partial charge in [0, 0.05) is 27.2 Å². The molecule has 0 spiro atoms. The molecule has 1 amide bonds. The highest BCUT2D eigenvalue weighted by atomic mass is 32.2. The smallest absolute Gasteiger partial charge is 0.232 e. The predicted molar refractivity (Wildman–Crippen MR) is 89.7 cm³/mol. The zero-order valence-electron chi connectivity index (χ0n) is 13.4. The van der Waals surface area contributed by atoms with Crippen LogP contribution < -0.4 is 10.6 Å². The van der Waals surface area contributed by atoms with Gasteiger partial charge in [0.1, 0.15) is 5.82 Å². The Kier molecular flexibility index (Phi) is 5.82. The Hall–Kier alpha value is -1.57. The highest BCUT2D eigenvalue weighted by Gasteiger charge is 2.20. The van der Waals surface area contributed by atoms with E-state index in [0.717, 1.165) is 31.8 Å². The molecule has 0 atom stereocenters. The van der Waals surface area contributed by atoms with Crippen LogP contribution in [0.15, 0.2) is 0 Å². The van der Waals surface area contributed by atoms with Gasteiger partial charge in [-0.15, -0.1) is 11.8 Å². The summed E-state index contributed by atoms with van der Waals surface area (Å²) in [7, 11) is 3.71. The van der Waals surface area contributed by atoms with Gasteiger partial charge in [0.05, 0.1) is 11.5 Å². The van der Waals surface area contributed by atoms with E-state index in [2.05, 4.69) is 21.9 Å². The molecule has 1 aromatic rings. The summed E-state index contributed by atoms with van der Waals surface area (Å²) in [5, 5.41) is 0. The van der Waals surface area contributed by atoms with Gasteiger partial charge in [-0.25, -0.2) is 0 Å². The molecule has 7 nitrogen and oxygen atoms in total. The first-order chi connectivity index (χ1) is 10.5. The van der Waals surface area contributed by atoms with Gasteiger partial charge in [0.2, 0.25) is 17.8 Å². The van der Waals surface area contributed by atoms with Crippen LogP contribution in [0.5, 0.6) is 0 Å². The molecule has 0 radical (unpaired) electrons. The maximum atomic E-state index is 12.2. The largest absolute Gasteiger partial charge is 0.368 e. The number of nitrogens with zero attached hydrogens (tertiary/aromatic N) is 5. The van der Waals surface area contributed by atoms with Crippen LogP contribution in [0, 0.1) is 5.92 Å². The van der Waals surface area contributed by atoms with Crippen LogP contribution >= 0.6 is 11.8 Å². The summed E-state index contributed by atoms with van der Waals surface area (Å²) in [5.74, 6) is 3.31. The zero-order valence-corrected chi connectivity index (χ0v) is 14.3. The molecule has 1 aliphatic heterocycles. The van der Waals surface area contributed by atoms with E-state index in [1.807, 2.05) is 19.0 Å². The highest BCUT2D eigenvalue weighted by Crippen LogP contribution is 2.18. The fraction of sp³-hybridized carbons (Fsp3) is 0.714. The number of nitrogens with two attached hydrogens (primary N) is 1. The number of anilines is 2. The molecule has 22 heavy (non-hydrogen) atoms. The number of rotatable bonds is 5. The van der Waals surface area contributed by atoms with Crippen LogP contribution in [0.2, 0.25) is 0 Å². The number of nitrogen functional groups attached to an aromatic ring is 1. The van der Waals surface area contributed by atoms with Gasteiger partial charge in [-0.05, 0) is 18.8 Å². The molecule has 1 saturated heterocycles. The lowest BCUT2D eigenvalue weighted by Gasteiger charge is -2.30. The lowest BCUT2D eigenvalue weighted by Crippen LogP contribution is -2.38. The van der Waals surface area contributed by atoms with E-state index < -0.39 is 0 Å². The van der Waals surface area contributed by atoms with Gasteiger partial charge >= 0.3 is 0 Å². The number of amides is 1. The average Bonchev–Trinajstić information content (AvgIpc) is 2.47. The van der Waals surface area contributed by atoms with Crippen molar-refractivity contribution in [2.75, 3.05) is 43.6 Å². The van der Waals surface area contributed by atoms with E-state index in [1.165, 1.54) is 11.8 Å². The molecule has 2 rings (SSSR count). The van der Waals surface area contributed by atoms with Crippen molar-refractivity contribution in [2.24, 2.45) is 5.92 Å². The van der Waals surface area contributed by atoms with Gasteiger partial charge in [-0.3, -0.25) is 4.79 Å². The van der Waals surface area contributed by atoms with Crippen molar-refractivity contribution in [3.63, 3.8) is 0 Å². The molecule has 1 fully saturated rings. The van der Waals surface area contributed by atoms with E-state index in [4.69, 9.17) is 5.73 Å². The molecule has 0 unspecified atom stereocenters. The molecule has 2 N–H and O–H groups in total. The fourth-order valence-electron chi connectivity index (χ4n) is 2.27. The molecule has 0 aliphatic carbocycles. The normalized spacial score (nSPS) is 15.9. The Labute approximate surface area is 135 Å². The summed E-state index contributed by atoms with van der Waals surface area (Å²) in [5.41, 5.74) is 5.69. The molecule has 0 saturated carbocycles. The molecule has 0 aromatic carbocycles. The number of aromatic nitrogens is 3. The third kappa shape index (κ3) is 4.72. The summed E-state index contributed by atoms with van der Waals surface area (Å²) >= 11 is 1.52. The Bertz CT molecular complexity index is 516. The van der Waals surface area contributed by atoms with Crippen molar-refractivity contribution in [2.45, 2.75) is 25.5 Å². The molecule has 2 heterocycles. The maximum Gasteiger partial charge on any atom is 0.232 e. The Balaban J connectivity index is 1.82. The minimum Gasteiger partial charge on any atom is -0.368 e. The lowest BCUT2D eigenvalue weighted by atomic mass is 9.99. The SMILES string of the molecule is CC1CCN(C(=O)CSCc2nc(N)nc(N(C)C)n2)CC1. The molecule has 1 aliphatic rings. The van der Waals surface area contributed by atoms with Gasteiger partial charge in [0.25, 0.3) is 0 Å². The first-order valence-corrected chi connectivity index (χ1v) is 8.64. The molecular formula is C14H24N6OS. The number of likely N-dealkylation sites (tertiary alicyclic amines) is 1. The average molecular weight is 324 g/mol. The van der Waals surface area contributed by atoms with E-state index >= 15 is 0 Å². The van der Waals surface area contributed by atoms with Gasteiger partial charge in [-0.1, -0.05) is 6.92 Å². The Morgan fingerprint density at radius 3 is 2.64 bits per heavy atom. The fourth-order valence-corrected chi connectivity index (χ4v) is 3.04. The van der Waals surface area contributed by atoms with Gasteiger partial charge in [-0.2, -0.15) is 15.0 Å². The van der Waals surface area contributed by atoms with Gasteiger partial charge < -0.3 is 15.5 Å². The summed E-state index contributed by atoms with van der Waals surface area (Å²) in [6, 6.07) is 0. The second kappa shape index (κ2) is 7.62. The van der Waals surface area contributed by atoms with Crippen molar-refractivity contribution in [3.05, 3.63) is 5.82 Å². The van der Waals surface area contributed by atoms with E-state index in [1.54, 1.807) is 4.90 Å². The number of carbonyl (C=O) groups is 1. The first-order valence-electron chi connectivity index (χ1n) is 7.49. The number of carbonyl (C=O) groups excluding carboxylic acids is 1. The predicted octanol–water partition coefficient (Wildman–Crippen LogP) is 1.01. The van der Waals surface area contributed by atoms with Crippen LogP contribution in [-0.2, 0) is 10.5 Å². The highest BCUT2D eigenvalue weighted by molar-refractivity contribution is 7.99. The van der Waals surface area contributed by atoms with Crippen molar-refractivity contribution in [1.82, 2.24) is 19.9 Å². The van der Waals surface area contributed by atoms with Crippen LogP contribution in [0.3, 0.4) is 0 Å². The summed E-state index contributed by atoms with van der Waals surface area (Å²) in [6.45, 7) is 4.00. The van der Waals surface area contributed by atoms with Crippen molar-refractivity contribution in [3.8, 4) is 0 Å². The number of hydrogen-bond donors (Lipinski definition) is 1. The minimum atomic E-state index is 0.201. The summed E-state index contributed by atoms with van der Waals surface area (Å²) < 4.78 is 0. The number of thioether (sulfide) groups is 1.